The fourth-order valence-electron chi connectivity index (χ4n) is 1.26. The number of ether oxygens (including phenoxy) is 1. The first-order chi connectivity index (χ1) is 8.88. The number of nitrogens with one attached hydrogen (secondary N) is 1. The molecule has 6 nitrogen and oxygen atoms in total. The van der Waals surface area contributed by atoms with Crippen LogP contribution in [0.5, 0.6) is 0 Å². The lowest BCUT2D eigenvalue weighted by molar-refractivity contribution is -0.125. The van der Waals surface area contributed by atoms with Crippen molar-refractivity contribution in [3.63, 3.8) is 0 Å². The Morgan fingerprint density at radius 2 is 2.05 bits per heavy atom. The van der Waals surface area contributed by atoms with Crippen LogP contribution in [0.25, 0.3) is 0 Å². The number of hydrogen-bond acceptors (Lipinski definition) is 5. The third-order valence-corrected chi connectivity index (χ3v) is 2.30. The van der Waals surface area contributed by atoms with Gasteiger partial charge in [-0.1, -0.05) is 0 Å². The third-order valence-electron chi connectivity index (χ3n) is 2.30. The van der Waals surface area contributed by atoms with Crippen LogP contribution in [0.1, 0.15) is 10.4 Å². The van der Waals surface area contributed by atoms with E-state index >= 15 is 0 Å². The lowest BCUT2D eigenvalue weighted by Crippen LogP contribution is -2.34. The molecule has 0 saturated carbocycles. The number of anilines is 1. The molecule has 0 radical (unpaired) electrons. The third kappa shape index (κ3) is 3.38. The summed E-state index contributed by atoms with van der Waals surface area (Å²) < 4.78 is 31.4. The summed E-state index contributed by atoms with van der Waals surface area (Å²) in [6.07, 6.45) is -1.54. The van der Waals surface area contributed by atoms with E-state index in [2.05, 4.69) is 10.1 Å². The van der Waals surface area contributed by atoms with E-state index in [9.17, 15) is 18.4 Å². The number of amides is 1. The molecule has 0 aliphatic heterocycles. The Morgan fingerprint density at radius 1 is 1.42 bits per heavy atom. The number of methoxy groups -OCH3 is 1. The summed E-state index contributed by atoms with van der Waals surface area (Å²) in [4.78, 5) is 21.7. The van der Waals surface area contributed by atoms with Gasteiger partial charge in [0.15, 0.2) is 11.6 Å². The highest BCUT2D eigenvalue weighted by molar-refractivity contribution is 5.90. The van der Waals surface area contributed by atoms with Gasteiger partial charge in [-0.05, 0) is 12.1 Å². The van der Waals surface area contributed by atoms with Crippen molar-refractivity contribution < 1.29 is 28.2 Å². The minimum absolute atomic E-state index is 0.314. The van der Waals surface area contributed by atoms with Gasteiger partial charge in [-0.25, -0.2) is 13.6 Å². The Labute approximate surface area is 107 Å². The average molecular weight is 274 g/mol. The minimum atomic E-state index is -1.54. The molecule has 0 fully saturated rings. The SMILES string of the molecule is COC(=O)c1ccc(NCC(O)C(N)=O)c(F)c1F. The van der Waals surface area contributed by atoms with Crippen LogP contribution in [0.15, 0.2) is 12.1 Å². The van der Waals surface area contributed by atoms with Crippen LogP contribution in [-0.2, 0) is 9.53 Å². The number of carbonyl (C=O) groups excluding carboxylic acids is 2. The molecule has 19 heavy (non-hydrogen) atoms. The van der Waals surface area contributed by atoms with E-state index < -0.39 is 35.2 Å². The number of aliphatic hydroxyl groups excluding tert-OH is 1. The Morgan fingerprint density at radius 3 is 2.58 bits per heavy atom. The molecule has 0 spiro atoms. The number of rotatable bonds is 5. The molecule has 1 unspecified atom stereocenters. The van der Waals surface area contributed by atoms with E-state index in [1.807, 2.05) is 0 Å². The second-order valence-electron chi connectivity index (χ2n) is 3.58. The zero-order valence-corrected chi connectivity index (χ0v) is 9.94. The van der Waals surface area contributed by atoms with Gasteiger partial charge in [0.25, 0.3) is 0 Å². The summed E-state index contributed by atoms with van der Waals surface area (Å²) in [7, 11) is 1.04. The molecule has 0 aromatic heterocycles. The van der Waals surface area contributed by atoms with E-state index in [0.717, 1.165) is 19.2 Å². The molecule has 1 rings (SSSR count). The number of nitrogens with two attached hydrogens (primary N) is 1. The summed E-state index contributed by atoms with van der Waals surface area (Å²) in [6, 6.07) is 2.10. The van der Waals surface area contributed by atoms with Gasteiger partial charge in [0.1, 0.15) is 6.10 Å². The maximum Gasteiger partial charge on any atom is 0.340 e. The molecule has 104 valence electrons. The maximum atomic E-state index is 13.6. The summed E-state index contributed by atoms with van der Waals surface area (Å²) in [6.45, 7) is -0.386. The van der Waals surface area contributed by atoms with Gasteiger partial charge in [0.2, 0.25) is 5.91 Å². The van der Waals surface area contributed by atoms with E-state index in [1.165, 1.54) is 0 Å². The largest absolute Gasteiger partial charge is 0.465 e. The first-order valence-corrected chi connectivity index (χ1v) is 5.16. The van der Waals surface area contributed by atoms with Crippen molar-refractivity contribution in [2.24, 2.45) is 5.73 Å². The molecule has 1 atom stereocenters. The standard InChI is InChI=1S/C11H12F2N2O4/c1-19-11(18)5-2-3-6(9(13)8(5)12)15-4-7(16)10(14)17/h2-3,7,15-16H,4H2,1H3,(H2,14,17). The molecule has 1 amide bonds. The molecule has 0 bridgehead atoms. The molecule has 1 aromatic carbocycles. The van der Waals surface area contributed by atoms with E-state index in [-0.39, 0.29) is 12.2 Å². The van der Waals surface area contributed by atoms with Crippen LogP contribution in [0, 0.1) is 11.6 Å². The normalized spacial score (nSPS) is 11.8. The Kier molecular flexibility index (Phi) is 4.76. The highest BCUT2D eigenvalue weighted by atomic mass is 19.2. The molecule has 1 aromatic rings. The van der Waals surface area contributed by atoms with E-state index in [4.69, 9.17) is 10.8 Å². The monoisotopic (exact) mass is 274 g/mol. The van der Waals surface area contributed by atoms with Crippen LogP contribution >= 0.6 is 0 Å². The summed E-state index contributed by atoms with van der Waals surface area (Å²) in [5, 5.41) is 11.4. The van der Waals surface area contributed by atoms with Crippen LogP contribution < -0.4 is 11.1 Å². The van der Waals surface area contributed by atoms with Crippen LogP contribution in [0.4, 0.5) is 14.5 Å². The highest BCUT2D eigenvalue weighted by Crippen LogP contribution is 2.21. The maximum absolute atomic E-state index is 13.6. The second kappa shape index (κ2) is 6.10. The van der Waals surface area contributed by atoms with Gasteiger partial charge in [-0.15, -0.1) is 0 Å². The van der Waals surface area contributed by atoms with Crippen LogP contribution in [-0.4, -0.2) is 36.7 Å². The van der Waals surface area contributed by atoms with Crippen LogP contribution in [0.2, 0.25) is 0 Å². The zero-order chi connectivity index (χ0) is 14.6. The second-order valence-corrected chi connectivity index (χ2v) is 3.58. The topological polar surface area (TPSA) is 102 Å². The molecule has 0 aliphatic carbocycles. The smallest absolute Gasteiger partial charge is 0.340 e. The molecule has 8 heteroatoms. The number of esters is 1. The fraction of sp³-hybridized carbons (Fsp3) is 0.273. The van der Waals surface area contributed by atoms with Crippen molar-refractivity contribution in [1.29, 1.82) is 0 Å². The van der Waals surface area contributed by atoms with Crippen molar-refractivity contribution in [2.45, 2.75) is 6.10 Å². The molecule has 0 heterocycles. The van der Waals surface area contributed by atoms with Crippen molar-refractivity contribution in [2.75, 3.05) is 19.0 Å². The molecule has 0 aliphatic rings. The number of aliphatic hydroxyl groups is 1. The number of benzene rings is 1. The average Bonchev–Trinajstić information content (AvgIpc) is 2.39. The summed E-state index contributed by atoms with van der Waals surface area (Å²) >= 11 is 0. The summed E-state index contributed by atoms with van der Waals surface area (Å²) in [5.74, 6) is -4.72. The lowest BCUT2D eigenvalue weighted by Gasteiger charge is -2.11. The van der Waals surface area contributed by atoms with Crippen molar-refractivity contribution in [1.82, 2.24) is 0 Å². The Bertz CT molecular complexity index is 508. The van der Waals surface area contributed by atoms with Gasteiger partial charge in [-0.2, -0.15) is 0 Å². The highest BCUT2D eigenvalue weighted by Gasteiger charge is 2.20. The van der Waals surface area contributed by atoms with E-state index in [1.54, 1.807) is 0 Å². The van der Waals surface area contributed by atoms with Gasteiger partial charge in [-0.3, -0.25) is 4.79 Å². The molecule has 4 N–H and O–H groups in total. The summed E-state index contributed by atoms with van der Waals surface area (Å²) in [5.41, 5.74) is 3.92. The molecular weight excluding hydrogens is 262 g/mol. The Balaban J connectivity index is 2.91. The quantitative estimate of drug-likeness (QED) is 0.656. The fourth-order valence-corrected chi connectivity index (χ4v) is 1.26. The predicted molar refractivity (Wildman–Crippen MR) is 61.4 cm³/mol. The number of hydrogen-bond donors (Lipinski definition) is 3. The van der Waals surface area contributed by atoms with Gasteiger partial charge in [0, 0.05) is 6.54 Å². The van der Waals surface area contributed by atoms with Gasteiger partial charge in [0.05, 0.1) is 18.4 Å². The van der Waals surface area contributed by atoms with Crippen LogP contribution in [0.3, 0.4) is 0 Å². The lowest BCUT2D eigenvalue weighted by atomic mass is 10.1. The first-order valence-electron chi connectivity index (χ1n) is 5.16. The molecule has 0 saturated heterocycles. The van der Waals surface area contributed by atoms with Gasteiger partial charge >= 0.3 is 5.97 Å². The van der Waals surface area contributed by atoms with Crippen molar-refractivity contribution in [3.05, 3.63) is 29.3 Å². The zero-order valence-electron chi connectivity index (χ0n) is 9.94. The minimum Gasteiger partial charge on any atom is -0.465 e. The first kappa shape index (κ1) is 14.8. The number of halogens is 2. The molecular formula is C11H12F2N2O4. The Hall–Kier alpha value is -2.22. The van der Waals surface area contributed by atoms with Crippen molar-refractivity contribution in [3.8, 4) is 0 Å². The number of carbonyl (C=O) groups is 2. The van der Waals surface area contributed by atoms with E-state index in [0.29, 0.717) is 0 Å². The van der Waals surface area contributed by atoms with Gasteiger partial charge < -0.3 is 20.9 Å². The van der Waals surface area contributed by atoms with Crippen molar-refractivity contribution >= 4 is 17.6 Å². The predicted octanol–water partition coefficient (Wildman–Crippen LogP) is 0.00950. The number of primary amides is 1.